The number of hydrogen-bond donors (Lipinski definition) is 0. The molecule has 1 saturated heterocycles. The Morgan fingerprint density at radius 3 is 2.14 bits per heavy atom. The van der Waals surface area contributed by atoms with Crippen LogP contribution in [0.1, 0.15) is 69.1 Å². The highest BCUT2D eigenvalue weighted by atomic mass is 15.2. The van der Waals surface area contributed by atoms with E-state index in [0.717, 1.165) is 6.54 Å². The number of aromatic nitrogens is 1. The Morgan fingerprint density at radius 1 is 1.10 bits per heavy atom. The first-order chi connectivity index (χ1) is 9.57. The summed E-state index contributed by atoms with van der Waals surface area (Å²) in [5.41, 5.74) is 7.39. The maximum atomic E-state index is 4.95. The number of rotatable bonds is 3. The molecule has 1 aliphatic rings. The van der Waals surface area contributed by atoms with Crippen LogP contribution in [0.3, 0.4) is 0 Å². The van der Waals surface area contributed by atoms with Gasteiger partial charge in [-0.25, -0.2) is 0 Å². The van der Waals surface area contributed by atoms with E-state index >= 15 is 0 Å². The van der Waals surface area contributed by atoms with Crippen LogP contribution in [-0.2, 0) is 12.0 Å². The van der Waals surface area contributed by atoms with E-state index in [-0.39, 0.29) is 5.41 Å². The summed E-state index contributed by atoms with van der Waals surface area (Å²) in [6, 6.07) is 0. The highest BCUT2D eigenvalue weighted by Gasteiger charge is 2.37. The molecule has 0 radical (unpaired) electrons. The molecule has 2 nitrogen and oxygen atoms in total. The van der Waals surface area contributed by atoms with Gasteiger partial charge in [0.1, 0.15) is 0 Å². The van der Waals surface area contributed by atoms with Gasteiger partial charge in [0.15, 0.2) is 0 Å². The van der Waals surface area contributed by atoms with Crippen LogP contribution in [0.5, 0.6) is 0 Å². The van der Waals surface area contributed by atoms with Gasteiger partial charge in [-0.3, -0.25) is 9.88 Å². The van der Waals surface area contributed by atoms with E-state index in [9.17, 15) is 0 Å². The lowest BCUT2D eigenvalue weighted by Gasteiger charge is -2.48. The molecule has 0 unspecified atom stereocenters. The molecule has 21 heavy (non-hydrogen) atoms. The zero-order valence-corrected chi connectivity index (χ0v) is 15.2. The summed E-state index contributed by atoms with van der Waals surface area (Å²) in [6.07, 6.45) is 1.28. The van der Waals surface area contributed by atoms with Crippen LogP contribution in [0.2, 0.25) is 0 Å². The minimum atomic E-state index is 0.121. The Balaban J connectivity index is 2.25. The summed E-state index contributed by atoms with van der Waals surface area (Å²) in [5, 5.41) is 0. The first kappa shape index (κ1) is 16.5. The summed E-state index contributed by atoms with van der Waals surface area (Å²) >= 11 is 0. The van der Waals surface area contributed by atoms with Gasteiger partial charge in [-0.1, -0.05) is 34.6 Å². The van der Waals surface area contributed by atoms with Crippen molar-refractivity contribution in [1.82, 2.24) is 9.88 Å². The first-order valence-electron chi connectivity index (χ1n) is 8.27. The molecule has 1 aromatic heterocycles. The van der Waals surface area contributed by atoms with Crippen LogP contribution < -0.4 is 0 Å². The van der Waals surface area contributed by atoms with Crippen LogP contribution in [0, 0.1) is 26.2 Å². The van der Waals surface area contributed by atoms with Crippen LogP contribution in [0.25, 0.3) is 0 Å². The van der Waals surface area contributed by atoms with Gasteiger partial charge >= 0.3 is 0 Å². The van der Waals surface area contributed by atoms with Crippen molar-refractivity contribution in [3.05, 3.63) is 28.1 Å². The smallest absolute Gasteiger partial charge is 0.0492 e. The molecule has 0 saturated carbocycles. The number of pyridine rings is 1. The van der Waals surface area contributed by atoms with E-state index in [0.29, 0.717) is 5.41 Å². The summed E-state index contributed by atoms with van der Waals surface area (Å²) in [7, 11) is 0. The van der Waals surface area contributed by atoms with E-state index in [4.69, 9.17) is 4.98 Å². The summed E-state index contributed by atoms with van der Waals surface area (Å²) in [4.78, 5) is 7.51. The maximum absolute atomic E-state index is 4.95. The molecule has 0 amide bonds. The average molecular weight is 288 g/mol. The fourth-order valence-corrected chi connectivity index (χ4v) is 3.55. The Morgan fingerprint density at radius 2 is 1.67 bits per heavy atom. The molecule has 0 atom stereocenters. The summed E-state index contributed by atoms with van der Waals surface area (Å²) in [6.45, 7) is 21.7. The first-order valence-corrected chi connectivity index (χ1v) is 8.27. The van der Waals surface area contributed by atoms with Crippen molar-refractivity contribution in [2.75, 3.05) is 13.1 Å². The second kappa shape index (κ2) is 5.39. The second-order valence-electron chi connectivity index (χ2n) is 8.33. The molecule has 1 aromatic rings. The Bertz CT molecular complexity index is 531. The van der Waals surface area contributed by atoms with Crippen LogP contribution in [0.15, 0.2) is 0 Å². The quantitative estimate of drug-likeness (QED) is 0.812. The molecule has 2 rings (SSSR count). The second-order valence-corrected chi connectivity index (χ2v) is 8.33. The molecule has 118 valence electrons. The number of aryl methyl sites for hydroxylation is 1. The third-order valence-corrected chi connectivity index (χ3v) is 5.24. The number of nitrogens with zero attached hydrogens (tertiary/aromatic N) is 2. The molecule has 2 heteroatoms. The predicted molar refractivity (Wildman–Crippen MR) is 90.8 cm³/mol. The minimum absolute atomic E-state index is 0.121. The van der Waals surface area contributed by atoms with Gasteiger partial charge in [-0.15, -0.1) is 0 Å². The highest BCUT2D eigenvalue weighted by molar-refractivity contribution is 5.41. The lowest BCUT2D eigenvalue weighted by atomic mass is 9.79. The standard InChI is InChI=1S/C19H32N2/c1-9-19(8)11-21(12-19)10-16-13(2)14(3)17(18(5,6)7)20-15(16)4/h9-12H2,1-8H3. The van der Waals surface area contributed by atoms with E-state index in [1.165, 1.54) is 47.6 Å². The van der Waals surface area contributed by atoms with Gasteiger partial charge in [-0.05, 0) is 49.3 Å². The maximum Gasteiger partial charge on any atom is 0.0492 e. The van der Waals surface area contributed by atoms with E-state index < -0.39 is 0 Å². The van der Waals surface area contributed by atoms with Crippen molar-refractivity contribution >= 4 is 0 Å². The topological polar surface area (TPSA) is 16.1 Å². The van der Waals surface area contributed by atoms with Gasteiger partial charge in [0.25, 0.3) is 0 Å². The Labute approximate surface area is 131 Å². The van der Waals surface area contributed by atoms with Gasteiger partial charge in [0.2, 0.25) is 0 Å². The molecule has 1 aliphatic heterocycles. The SMILES string of the molecule is CCC1(C)CN(Cc2c(C)nc(C(C)(C)C)c(C)c2C)C1. The lowest BCUT2D eigenvalue weighted by Crippen LogP contribution is -2.53. The van der Waals surface area contributed by atoms with Crippen molar-refractivity contribution in [3.63, 3.8) is 0 Å². The van der Waals surface area contributed by atoms with E-state index in [1.54, 1.807) is 0 Å². The zero-order valence-electron chi connectivity index (χ0n) is 15.2. The van der Waals surface area contributed by atoms with E-state index in [2.05, 4.69) is 60.3 Å². The van der Waals surface area contributed by atoms with Crippen molar-refractivity contribution in [3.8, 4) is 0 Å². The van der Waals surface area contributed by atoms with Crippen molar-refractivity contribution in [1.29, 1.82) is 0 Å². The largest absolute Gasteiger partial charge is 0.298 e. The molecule has 0 N–H and O–H groups in total. The molecule has 1 fully saturated rings. The lowest BCUT2D eigenvalue weighted by molar-refractivity contribution is 0.00584. The predicted octanol–water partition coefficient (Wildman–Crippen LogP) is 4.54. The third-order valence-electron chi connectivity index (χ3n) is 5.24. The Kier molecular flexibility index (Phi) is 4.23. The molecule has 0 bridgehead atoms. The normalized spacial score (nSPS) is 18.7. The van der Waals surface area contributed by atoms with E-state index in [1.807, 2.05) is 0 Å². The van der Waals surface area contributed by atoms with Crippen LogP contribution in [0.4, 0.5) is 0 Å². The van der Waals surface area contributed by atoms with Gasteiger partial charge in [0, 0.05) is 36.4 Å². The Hall–Kier alpha value is -0.890. The van der Waals surface area contributed by atoms with Crippen LogP contribution in [-0.4, -0.2) is 23.0 Å². The van der Waals surface area contributed by atoms with Crippen molar-refractivity contribution < 1.29 is 0 Å². The molecule has 0 aliphatic carbocycles. The zero-order chi connectivity index (χ0) is 16.0. The number of hydrogen-bond acceptors (Lipinski definition) is 2. The number of likely N-dealkylation sites (tertiary alicyclic amines) is 1. The third kappa shape index (κ3) is 3.15. The van der Waals surface area contributed by atoms with Crippen LogP contribution >= 0.6 is 0 Å². The molecular formula is C19H32N2. The molecule has 0 aromatic carbocycles. The van der Waals surface area contributed by atoms with Gasteiger partial charge in [-0.2, -0.15) is 0 Å². The summed E-state index contributed by atoms with van der Waals surface area (Å²) < 4.78 is 0. The molecular weight excluding hydrogens is 256 g/mol. The monoisotopic (exact) mass is 288 g/mol. The fourth-order valence-electron chi connectivity index (χ4n) is 3.55. The van der Waals surface area contributed by atoms with Gasteiger partial charge in [0.05, 0.1) is 0 Å². The average Bonchev–Trinajstić information content (AvgIpc) is 2.34. The highest BCUT2D eigenvalue weighted by Crippen LogP contribution is 2.35. The fraction of sp³-hybridized carbons (Fsp3) is 0.737. The summed E-state index contributed by atoms with van der Waals surface area (Å²) in [5.74, 6) is 0. The van der Waals surface area contributed by atoms with Crippen molar-refractivity contribution in [2.24, 2.45) is 5.41 Å². The molecule has 2 heterocycles. The minimum Gasteiger partial charge on any atom is -0.298 e. The van der Waals surface area contributed by atoms with Gasteiger partial charge < -0.3 is 0 Å². The molecule has 0 spiro atoms. The van der Waals surface area contributed by atoms with Crippen molar-refractivity contribution in [2.45, 2.75) is 73.8 Å².